The second kappa shape index (κ2) is 3.75. The first-order valence-corrected chi connectivity index (χ1v) is 5.52. The largest absolute Gasteiger partial charge is 0.396 e. The highest BCUT2D eigenvalue weighted by Crippen LogP contribution is 2.19. The highest BCUT2D eigenvalue weighted by atomic mass is 16.5. The van der Waals surface area contributed by atoms with E-state index in [2.05, 4.69) is 10.1 Å². The van der Waals surface area contributed by atoms with Gasteiger partial charge in [0, 0.05) is 18.6 Å². The van der Waals surface area contributed by atoms with Crippen molar-refractivity contribution in [1.29, 1.82) is 0 Å². The van der Waals surface area contributed by atoms with Crippen molar-refractivity contribution in [2.75, 3.05) is 12.3 Å². The first-order valence-electron chi connectivity index (χ1n) is 5.52. The lowest BCUT2D eigenvalue weighted by Crippen LogP contribution is -2.08. The second-order valence-corrected chi connectivity index (χ2v) is 4.16. The van der Waals surface area contributed by atoms with Crippen molar-refractivity contribution >= 4 is 11.3 Å². The lowest BCUT2D eigenvalue weighted by atomic mass is 10.1. The highest BCUT2D eigenvalue weighted by Gasteiger charge is 2.18. The van der Waals surface area contributed by atoms with Crippen molar-refractivity contribution < 1.29 is 4.74 Å². The van der Waals surface area contributed by atoms with Crippen LogP contribution in [-0.4, -0.2) is 27.3 Å². The fourth-order valence-electron chi connectivity index (χ4n) is 2.13. The molecule has 0 aliphatic carbocycles. The standard InChI is InChI=1S/C11H14N4O/c12-9-6-13-11-8(5-14-15(11)7-9)4-10-2-1-3-16-10/h5-7,10H,1-4,12H2. The maximum absolute atomic E-state index is 5.65. The topological polar surface area (TPSA) is 65.4 Å². The van der Waals surface area contributed by atoms with Crippen LogP contribution in [0.1, 0.15) is 18.4 Å². The van der Waals surface area contributed by atoms with Gasteiger partial charge in [0.15, 0.2) is 5.65 Å². The predicted octanol–water partition coefficient (Wildman–Crippen LogP) is 1.03. The predicted molar refractivity (Wildman–Crippen MR) is 60.1 cm³/mol. The van der Waals surface area contributed by atoms with Crippen LogP contribution in [0.3, 0.4) is 0 Å². The van der Waals surface area contributed by atoms with E-state index in [1.165, 1.54) is 0 Å². The van der Waals surface area contributed by atoms with Gasteiger partial charge in [0.1, 0.15) is 0 Å². The summed E-state index contributed by atoms with van der Waals surface area (Å²) in [7, 11) is 0. The Hall–Kier alpha value is -1.62. The third-order valence-electron chi connectivity index (χ3n) is 2.92. The van der Waals surface area contributed by atoms with Crippen molar-refractivity contribution in [3.63, 3.8) is 0 Å². The molecule has 0 amide bonds. The van der Waals surface area contributed by atoms with Crippen LogP contribution in [0.15, 0.2) is 18.6 Å². The van der Waals surface area contributed by atoms with E-state index in [1.54, 1.807) is 16.9 Å². The van der Waals surface area contributed by atoms with Crippen molar-refractivity contribution in [2.45, 2.75) is 25.4 Å². The van der Waals surface area contributed by atoms with Crippen LogP contribution in [0.25, 0.3) is 5.65 Å². The number of hydrogen-bond donors (Lipinski definition) is 1. The maximum Gasteiger partial charge on any atom is 0.158 e. The molecule has 0 aromatic carbocycles. The van der Waals surface area contributed by atoms with Gasteiger partial charge in [-0.2, -0.15) is 5.10 Å². The van der Waals surface area contributed by atoms with Gasteiger partial charge >= 0.3 is 0 Å². The molecule has 0 saturated carbocycles. The SMILES string of the molecule is Nc1cnc2c(CC3CCCO3)cnn2c1. The van der Waals surface area contributed by atoms with Gasteiger partial charge in [0.25, 0.3) is 0 Å². The van der Waals surface area contributed by atoms with E-state index in [4.69, 9.17) is 10.5 Å². The minimum absolute atomic E-state index is 0.326. The molecular formula is C11H14N4O. The number of ether oxygens (including phenoxy) is 1. The summed E-state index contributed by atoms with van der Waals surface area (Å²) in [4.78, 5) is 4.30. The Balaban J connectivity index is 1.91. The Labute approximate surface area is 93.2 Å². The number of rotatable bonds is 2. The average Bonchev–Trinajstić information content (AvgIpc) is 2.89. The summed E-state index contributed by atoms with van der Waals surface area (Å²) in [6, 6.07) is 0. The normalized spacial score (nSPS) is 20.6. The van der Waals surface area contributed by atoms with E-state index in [0.717, 1.165) is 37.1 Å². The maximum atomic E-state index is 5.65. The molecule has 2 aromatic heterocycles. The van der Waals surface area contributed by atoms with Gasteiger partial charge < -0.3 is 10.5 Å². The van der Waals surface area contributed by atoms with Crippen LogP contribution >= 0.6 is 0 Å². The molecule has 1 saturated heterocycles. The van der Waals surface area contributed by atoms with Crippen molar-refractivity contribution in [3.05, 3.63) is 24.2 Å². The number of nitrogens with zero attached hydrogens (tertiary/aromatic N) is 3. The van der Waals surface area contributed by atoms with Crippen LogP contribution in [0.4, 0.5) is 5.69 Å². The van der Waals surface area contributed by atoms with E-state index in [1.807, 2.05) is 6.20 Å². The summed E-state index contributed by atoms with van der Waals surface area (Å²) >= 11 is 0. The van der Waals surface area contributed by atoms with E-state index in [0.29, 0.717) is 11.8 Å². The minimum Gasteiger partial charge on any atom is -0.396 e. The fraction of sp³-hybridized carbons (Fsp3) is 0.455. The molecule has 0 bridgehead atoms. The summed E-state index contributed by atoms with van der Waals surface area (Å²) in [5.74, 6) is 0. The van der Waals surface area contributed by atoms with Crippen LogP contribution in [0.5, 0.6) is 0 Å². The number of nitrogens with two attached hydrogens (primary N) is 1. The number of nitrogen functional groups attached to an aromatic ring is 1. The molecular weight excluding hydrogens is 204 g/mol. The number of anilines is 1. The molecule has 1 atom stereocenters. The summed E-state index contributed by atoms with van der Waals surface area (Å²) < 4.78 is 7.33. The molecule has 5 heteroatoms. The summed E-state index contributed by atoms with van der Waals surface area (Å²) in [5.41, 5.74) is 8.28. The quantitative estimate of drug-likeness (QED) is 0.817. The van der Waals surface area contributed by atoms with Crippen molar-refractivity contribution in [1.82, 2.24) is 14.6 Å². The minimum atomic E-state index is 0.326. The van der Waals surface area contributed by atoms with Crippen molar-refractivity contribution in [3.8, 4) is 0 Å². The van der Waals surface area contributed by atoms with Gasteiger partial charge in [-0.1, -0.05) is 0 Å². The zero-order chi connectivity index (χ0) is 11.0. The van der Waals surface area contributed by atoms with E-state index >= 15 is 0 Å². The molecule has 0 radical (unpaired) electrons. The zero-order valence-corrected chi connectivity index (χ0v) is 8.97. The summed E-state index contributed by atoms with van der Waals surface area (Å²) in [5, 5.41) is 4.24. The molecule has 0 spiro atoms. The van der Waals surface area contributed by atoms with Crippen LogP contribution < -0.4 is 5.73 Å². The molecule has 5 nitrogen and oxygen atoms in total. The van der Waals surface area contributed by atoms with Gasteiger partial charge in [0.05, 0.1) is 30.4 Å². The molecule has 2 aromatic rings. The Morgan fingerprint density at radius 1 is 1.50 bits per heavy atom. The second-order valence-electron chi connectivity index (χ2n) is 4.16. The third kappa shape index (κ3) is 1.63. The molecule has 16 heavy (non-hydrogen) atoms. The Bertz CT molecular complexity index is 502. The molecule has 1 aliphatic rings. The van der Waals surface area contributed by atoms with Crippen LogP contribution in [0.2, 0.25) is 0 Å². The van der Waals surface area contributed by atoms with Gasteiger partial charge in [0.2, 0.25) is 0 Å². The summed E-state index contributed by atoms with van der Waals surface area (Å²) in [6.07, 6.45) is 8.80. The Kier molecular flexibility index (Phi) is 2.25. The fourth-order valence-corrected chi connectivity index (χ4v) is 2.13. The van der Waals surface area contributed by atoms with Crippen LogP contribution in [-0.2, 0) is 11.2 Å². The van der Waals surface area contributed by atoms with Gasteiger partial charge in [-0.05, 0) is 12.8 Å². The smallest absolute Gasteiger partial charge is 0.158 e. The summed E-state index contributed by atoms with van der Waals surface area (Å²) in [6.45, 7) is 0.879. The Morgan fingerprint density at radius 2 is 2.44 bits per heavy atom. The molecule has 84 valence electrons. The van der Waals surface area contributed by atoms with Gasteiger partial charge in [-0.15, -0.1) is 0 Å². The molecule has 3 rings (SSSR count). The molecule has 1 unspecified atom stereocenters. The first kappa shape index (κ1) is 9.59. The van der Waals surface area contributed by atoms with E-state index < -0.39 is 0 Å². The lowest BCUT2D eigenvalue weighted by Gasteiger charge is -2.06. The average molecular weight is 218 g/mol. The number of aromatic nitrogens is 3. The monoisotopic (exact) mass is 218 g/mol. The number of fused-ring (bicyclic) bond motifs is 1. The first-order chi connectivity index (χ1) is 7.83. The van der Waals surface area contributed by atoms with Crippen LogP contribution in [0, 0.1) is 0 Å². The van der Waals surface area contributed by atoms with Gasteiger partial charge in [-0.25, -0.2) is 9.50 Å². The zero-order valence-electron chi connectivity index (χ0n) is 8.97. The molecule has 1 aliphatic heterocycles. The lowest BCUT2D eigenvalue weighted by molar-refractivity contribution is 0.111. The van der Waals surface area contributed by atoms with Crippen molar-refractivity contribution in [2.24, 2.45) is 0 Å². The van der Waals surface area contributed by atoms with E-state index in [-0.39, 0.29) is 0 Å². The Morgan fingerprint density at radius 3 is 3.25 bits per heavy atom. The highest BCUT2D eigenvalue weighted by molar-refractivity contribution is 5.49. The van der Waals surface area contributed by atoms with Gasteiger partial charge in [-0.3, -0.25) is 0 Å². The molecule has 2 N–H and O–H groups in total. The molecule has 1 fully saturated rings. The van der Waals surface area contributed by atoms with E-state index in [9.17, 15) is 0 Å². The third-order valence-corrected chi connectivity index (χ3v) is 2.92. The number of hydrogen-bond acceptors (Lipinski definition) is 4. The molecule has 3 heterocycles.